The maximum Gasteiger partial charge on any atom is 0.332 e. The van der Waals surface area contributed by atoms with Crippen molar-refractivity contribution < 1.29 is 14.2 Å². The molecule has 1 fully saturated rings. The number of hydrogen-bond donors (Lipinski definition) is 1. The molecule has 2 aromatic rings. The lowest BCUT2D eigenvalue weighted by atomic mass is 10.3. The van der Waals surface area contributed by atoms with Crippen LogP contribution >= 0.6 is 0 Å². The minimum Gasteiger partial charge on any atom is -0.497 e. The van der Waals surface area contributed by atoms with E-state index in [-0.39, 0.29) is 24.5 Å². The number of anilines is 2. The third kappa shape index (κ3) is 4.56. The summed E-state index contributed by atoms with van der Waals surface area (Å²) in [7, 11) is 1.59. The van der Waals surface area contributed by atoms with Gasteiger partial charge in [-0.15, -0.1) is 0 Å². The van der Waals surface area contributed by atoms with E-state index >= 15 is 0 Å². The van der Waals surface area contributed by atoms with Crippen LogP contribution in [0.4, 0.5) is 11.5 Å². The van der Waals surface area contributed by atoms with Crippen LogP contribution in [0.25, 0.3) is 0 Å². The van der Waals surface area contributed by atoms with Crippen LogP contribution in [-0.4, -0.2) is 49.2 Å². The molecule has 0 unspecified atom stereocenters. The van der Waals surface area contributed by atoms with E-state index in [0.29, 0.717) is 44.3 Å². The van der Waals surface area contributed by atoms with Crippen LogP contribution < -0.4 is 31.4 Å². The van der Waals surface area contributed by atoms with Crippen LogP contribution in [-0.2, 0) is 17.8 Å². The highest BCUT2D eigenvalue weighted by molar-refractivity contribution is 5.62. The van der Waals surface area contributed by atoms with Gasteiger partial charge in [0.05, 0.1) is 26.9 Å². The zero-order valence-electron chi connectivity index (χ0n) is 16.9. The fourth-order valence-electron chi connectivity index (χ4n) is 3.35. The lowest BCUT2D eigenvalue weighted by molar-refractivity contribution is 0.122. The first-order valence-electron chi connectivity index (χ1n) is 9.79. The Morgan fingerprint density at radius 2 is 1.69 bits per heavy atom. The standard InChI is InChI=1S/C20H28N4O5/c1-3-8-23-18(21)17(22-9-12-28-13-10-22)19(25)24(20(23)26)11-14-29-16-6-4-15(27-2)5-7-16/h4-7H,3,8-14,21H2,1-2H3. The molecule has 0 amide bonds. The Morgan fingerprint density at radius 3 is 2.31 bits per heavy atom. The first-order chi connectivity index (χ1) is 14.1. The minimum absolute atomic E-state index is 0.130. The van der Waals surface area contributed by atoms with Gasteiger partial charge >= 0.3 is 5.69 Å². The molecule has 1 aliphatic rings. The summed E-state index contributed by atoms with van der Waals surface area (Å²) < 4.78 is 18.9. The van der Waals surface area contributed by atoms with Crippen molar-refractivity contribution in [3.8, 4) is 11.5 Å². The van der Waals surface area contributed by atoms with E-state index in [1.807, 2.05) is 11.8 Å². The molecular formula is C20H28N4O5. The number of hydrogen-bond acceptors (Lipinski definition) is 7. The maximum atomic E-state index is 13.1. The Kier molecular flexibility index (Phi) is 6.82. The third-order valence-electron chi connectivity index (χ3n) is 4.86. The molecule has 2 N–H and O–H groups in total. The molecule has 2 heterocycles. The second-order valence-electron chi connectivity index (χ2n) is 6.75. The first-order valence-corrected chi connectivity index (χ1v) is 9.79. The molecule has 0 saturated carbocycles. The second kappa shape index (κ2) is 9.51. The number of benzene rings is 1. The number of morpholine rings is 1. The molecule has 9 nitrogen and oxygen atoms in total. The van der Waals surface area contributed by atoms with E-state index in [1.54, 1.807) is 31.4 Å². The van der Waals surface area contributed by atoms with Crippen LogP contribution in [0, 0.1) is 0 Å². The predicted molar refractivity (Wildman–Crippen MR) is 111 cm³/mol. The minimum atomic E-state index is -0.412. The van der Waals surface area contributed by atoms with E-state index < -0.39 is 5.69 Å². The molecule has 1 aromatic heterocycles. The van der Waals surface area contributed by atoms with Gasteiger partial charge in [0.25, 0.3) is 5.56 Å². The number of methoxy groups -OCH3 is 1. The highest BCUT2D eigenvalue weighted by Crippen LogP contribution is 2.19. The molecule has 0 spiro atoms. The first kappa shape index (κ1) is 20.8. The molecule has 0 aliphatic carbocycles. The Bertz CT molecular complexity index is 930. The number of nitrogens with two attached hydrogens (primary N) is 1. The van der Waals surface area contributed by atoms with E-state index in [1.165, 1.54) is 9.13 Å². The monoisotopic (exact) mass is 404 g/mol. The predicted octanol–water partition coefficient (Wildman–Crippen LogP) is 0.926. The molecule has 0 bridgehead atoms. The number of nitrogens with zero attached hydrogens (tertiary/aromatic N) is 3. The number of rotatable bonds is 8. The van der Waals surface area contributed by atoms with Gasteiger partial charge in [-0.2, -0.15) is 0 Å². The third-order valence-corrected chi connectivity index (χ3v) is 4.86. The van der Waals surface area contributed by atoms with Gasteiger partial charge in [-0.05, 0) is 30.7 Å². The summed E-state index contributed by atoms with van der Waals surface area (Å²) in [6.07, 6.45) is 0.729. The van der Waals surface area contributed by atoms with Crippen molar-refractivity contribution in [2.45, 2.75) is 26.4 Å². The summed E-state index contributed by atoms with van der Waals surface area (Å²) in [6, 6.07) is 7.13. The van der Waals surface area contributed by atoms with Crippen LogP contribution in [0.5, 0.6) is 11.5 Å². The Hall–Kier alpha value is -2.94. The van der Waals surface area contributed by atoms with Crippen molar-refractivity contribution in [2.24, 2.45) is 0 Å². The van der Waals surface area contributed by atoms with E-state index in [2.05, 4.69) is 0 Å². The Balaban J connectivity index is 1.86. The van der Waals surface area contributed by atoms with E-state index in [0.717, 1.165) is 12.2 Å². The molecule has 29 heavy (non-hydrogen) atoms. The summed E-state index contributed by atoms with van der Waals surface area (Å²) in [5.41, 5.74) is 5.81. The second-order valence-corrected chi connectivity index (χ2v) is 6.75. The summed E-state index contributed by atoms with van der Waals surface area (Å²) in [5, 5.41) is 0. The number of aromatic nitrogens is 2. The van der Waals surface area contributed by atoms with Crippen LogP contribution in [0.1, 0.15) is 13.3 Å². The summed E-state index contributed by atoms with van der Waals surface area (Å²) >= 11 is 0. The van der Waals surface area contributed by atoms with E-state index in [4.69, 9.17) is 19.9 Å². The average molecular weight is 404 g/mol. The smallest absolute Gasteiger partial charge is 0.332 e. The molecule has 1 aliphatic heterocycles. The largest absolute Gasteiger partial charge is 0.497 e. The van der Waals surface area contributed by atoms with Gasteiger partial charge in [0, 0.05) is 19.6 Å². The van der Waals surface area contributed by atoms with Crippen LogP contribution in [0.2, 0.25) is 0 Å². The molecule has 158 valence electrons. The molecule has 0 atom stereocenters. The van der Waals surface area contributed by atoms with Crippen molar-refractivity contribution in [1.82, 2.24) is 9.13 Å². The Labute approximate surface area is 169 Å². The lowest BCUT2D eigenvalue weighted by Crippen LogP contribution is -2.47. The Morgan fingerprint density at radius 1 is 1.03 bits per heavy atom. The summed E-state index contributed by atoms with van der Waals surface area (Å²) in [4.78, 5) is 27.9. The molecule has 3 rings (SSSR count). The van der Waals surface area contributed by atoms with Crippen molar-refractivity contribution >= 4 is 11.5 Å². The fourth-order valence-corrected chi connectivity index (χ4v) is 3.35. The van der Waals surface area contributed by atoms with Gasteiger partial charge in [0.15, 0.2) is 0 Å². The average Bonchev–Trinajstić information content (AvgIpc) is 2.75. The van der Waals surface area contributed by atoms with Gasteiger partial charge in [-0.25, -0.2) is 4.79 Å². The normalized spacial score (nSPS) is 14.1. The maximum absolute atomic E-state index is 13.1. The van der Waals surface area contributed by atoms with Crippen LogP contribution in [0.15, 0.2) is 33.9 Å². The number of nitrogen functional groups attached to an aromatic ring is 1. The zero-order chi connectivity index (χ0) is 20.8. The van der Waals surface area contributed by atoms with Gasteiger partial charge in [-0.1, -0.05) is 6.92 Å². The zero-order valence-corrected chi connectivity index (χ0v) is 16.9. The molecule has 0 radical (unpaired) electrons. The van der Waals surface area contributed by atoms with E-state index in [9.17, 15) is 9.59 Å². The summed E-state index contributed by atoms with van der Waals surface area (Å²) in [6.45, 7) is 4.88. The number of ether oxygens (including phenoxy) is 3. The molecular weight excluding hydrogens is 376 g/mol. The van der Waals surface area contributed by atoms with Gasteiger partial charge in [-0.3, -0.25) is 13.9 Å². The van der Waals surface area contributed by atoms with Gasteiger partial charge in [0.1, 0.15) is 29.6 Å². The molecule has 1 saturated heterocycles. The lowest BCUT2D eigenvalue weighted by Gasteiger charge is -2.30. The summed E-state index contributed by atoms with van der Waals surface area (Å²) in [5.74, 6) is 1.58. The van der Waals surface area contributed by atoms with Crippen molar-refractivity contribution in [2.75, 3.05) is 50.7 Å². The van der Waals surface area contributed by atoms with Crippen molar-refractivity contribution in [1.29, 1.82) is 0 Å². The quantitative estimate of drug-likeness (QED) is 0.698. The van der Waals surface area contributed by atoms with Crippen molar-refractivity contribution in [3.05, 3.63) is 45.1 Å². The highest BCUT2D eigenvalue weighted by Gasteiger charge is 2.23. The van der Waals surface area contributed by atoms with Gasteiger partial charge < -0.3 is 24.8 Å². The fraction of sp³-hybridized carbons (Fsp3) is 0.500. The SMILES string of the molecule is CCCn1c(N)c(N2CCOCC2)c(=O)n(CCOc2ccc(OC)cc2)c1=O. The molecule has 9 heteroatoms. The molecule has 1 aromatic carbocycles. The highest BCUT2D eigenvalue weighted by atomic mass is 16.5. The topological polar surface area (TPSA) is 101 Å². The van der Waals surface area contributed by atoms with Crippen molar-refractivity contribution in [3.63, 3.8) is 0 Å². The van der Waals surface area contributed by atoms with Gasteiger partial charge in [0.2, 0.25) is 0 Å². The van der Waals surface area contributed by atoms with Crippen LogP contribution in [0.3, 0.4) is 0 Å².